The highest BCUT2D eigenvalue weighted by Gasteiger charge is 2.18. The van der Waals surface area contributed by atoms with Crippen molar-refractivity contribution in [1.82, 2.24) is 40.6 Å². The first kappa shape index (κ1) is 32.0. The standard InChI is InChI=1S/C38H34N8O4/c1-3-23-16-27(35(47)33(18-23)45-41-29-12-5-6-13-30(29)42-45)21-39-37(49)25-10-9-11-26(20-25)38(50)40-22-28-17-24(4-2)19-34(36(28)48)46-43-31-14-7-8-15-32(31)44-46/h5-20,47-48H,3-4,21-22H2,1-2H3,(H,39,49)(H,40,50). The van der Waals surface area contributed by atoms with Crippen molar-refractivity contribution in [3.05, 3.63) is 130 Å². The van der Waals surface area contributed by atoms with Gasteiger partial charge in [0.15, 0.2) is 0 Å². The summed E-state index contributed by atoms with van der Waals surface area (Å²) >= 11 is 0. The first-order chi connectivity index (χ1) is 24.3. The Morgan fingerprint density at radius 1 is 0.560 bits per heavy atom. The molecule has 50 heavy (non-hydrogen) atoms. The molecule has 0 radical (unpaired) electrons. The molecule has 2 amide bonds. The van der Waals surface area contributed by atoms with Crippen LogP contribution in [0.4, 0.5) is 0 Å². The van der Waals surface area contributed by atoms with Crippen LogP contribution in [-0.2, 0) is 25.9 Å². The number of hydrogen-bond acceptors (Lipinski definition) is 8. The molecule has 0 aliphatic heterocycles. The highest BCUT2D eigenvalue weighted by Crippen LogP contribution is 2.30. The summed E-state index contributed by atoms with van der Waals surface area (Å²) in [4.78, 5) is 29.3. The quantitative estimate of drug-likeness (QED) is 0.148. The van der Waals surface area contributed by atoms with Gasteiger partial charge < -0.3 is 20.8 Å². The van der Waals surface area contributed by atoms with Crippen LogP contribution < -0.4 is 10.6 Å². The lowest BCUT2D eigenvalue weighted by atomic mass is 10.0. The smallest absolute Gasteiger partial charge is 0.251 e. The molecule has 250 valence electrons. The Morgan fingerprint density at radius 3 is 1.30 bits per heavy atom. The predicted molar refractivity (Wildman–Crippen MR) is 189 cm³/mol. The summed E-state index contributed by atoms with van der Waals surface area (Å²) in [5.74, 6) is -0.901. The predicted octanol–water partition coefficient (Wildman–Crippen LogP) is 5.55. The van der Waals surface area contributed by atoms with Crippen molar-refractivity contribution in [2.45, 2.75) is 39.8 Å². The first-order valence-corrected chi connectivity index (χ1v) is 16.3. The zero-order valence-corrected chi connectivity index (χ0v) is 27.5. The van der Waals surface area contributed by atoms with Gasteiger partial charge in [0.05, 0.1) is 0 Å². The second-order valence-electron chi connectivity index (χ2n) is 11.9. The van der Waals surface area contributed by atoms with Gasteiger partial charge in [-0.2, -0.15) is 0 Å². The van der Waals surface area contributed by atoms with Crippen LogP contribution in [0.25, 0.3) is 33.4 Å². The minimum atomic E-state index is -0.414. The van der Waals surface area contributed by atoms with E-state index in [9.17, 15) is 19.8 Å². The van der Waals surface area contributed by atoms with Crippen molar-refractivity contribution in [3.63, 3.8) is 0 Å². The third-order valence-corrected chi connectivity index (χ3v) is 8.54. The number of phenolic OH excluding ortho intramolecular Hbond substituents is 2. The molecule has 0 saturated carbocycles. The van der Waals surface area contributed by atoms with Crippen LogP contribution in [0, 0.1) is 0 Å². The normalized spacial score (nSPS) is 11.2. The second kappa shape index (κ2) is 13.5. The summed E-state index contributed by atoms with van der Waals surface area (Å²) in [6.45, 7) is 4.08. The molecule has 0 bridgehead atoms. The number of phenols is 2. The van der Waals surface area contributed by atoms with E-state index in [4.69, 9.17) is 0 Å². The number of aryl methyl sites for hydroxylation is 2. The zero-order valence-electron chi connectivity index (χ0n) is 27.5. The summed E-state index contributed by atoms with van der Waals surface area (Å²) < 4.78 is 0. The number of hydrogen-bond donors (Lipinski definition) is 4. The number of carbonyl (C=O) groups is 2. The molecule has 5 aromatic carbocycles. The number of rotatable bonds is 10. The molecule has 0 unspecified atom stereocenters. The van der Waals surface area contributed by atoms with Crippen molar-refractivity contribution in [2.24, 2.45) is 0 Å². The molecule has 12 nitrogen and oxygen atoms in total. The van der Waals surface area contributed by atoms with Crippen LogP contribution >= 0.6 is 0 Å². The maximum Gasteiger partial charge on any atom is 0.251 e. The molecule has 0 aliphatic rings. The van der Waals surface area contributed by atoms with Crippen LogP contribution in [0.15, 0.2) is 97.1 Å². The summed E-state index contributed by atoms with van der Waals surface area (Å²) in [7, 11) is 0. The van der Waals surface area contributed by atoms with E-state index in [0.717, 1.165) is 11.1 Å². The second-order valence-corrected chi connectivity index (χ2v) is 11.9. The Hall–Kier alpha value is -6.56. The average Bonchev–Trinajstić information content (AvgIpc) is 3.78. The molecular formula is C38H34N8O4. The Bertz CT molecular complexity index is 2170. The summed E-state index contributed by atoms with van der Waals surface area (Å²) in [6, 6.07) is 28.6. The van der Waals surface area contributed by atoms with Gasteiger partial charge >= 0.3 is 0 Å². The lowest BCUT2D eigenvalue weighted by Crippen LogP contribution is -2.25. The molecule has 0 atom stereocenters. The maximum absolute atomic E-state index is 13.3. The van der Waals surface area contributed by atoms with Crippen molar-refractivity contribution in [1.29, 1.82) is 0 Å². The molecular weight excluding hydrogens is 632 g/mol. The van der Waals surface area contributed by atoms with Gasteiger partial charge in [-0.05, 0) is 78.6 Å². The van der Waals surface area contributed by atoms with E-state index in [1.54, 1.807) is 18.2 Å². The number of nitrogens with one attached hydrogen (secondary N) is 2. The van der Waals surface area contributed by atoms with Crippen molar-refractivity contribution < 1.29 is 19.8 Å². The monoisotopic (exact) mass is 666 g/mol. The molecule has 2 aromatic heterocycles. The molecule has 0 aliphatic carbocycles. The summed E-state index contributed by atoms with van der Waals surface area (Å²) in [5, 5.41) is 46.1. The molecule has 12 heteroatoms. The third-order valence-electron chi connectivity index (χ3n) is 8.54. The highest BCUT2D eigenvalue weighted by atomic mass is 16.3. The lowest BCUT2D eigenvalue weighted by Gasteiger charge is -2.14. The van der Waals surface area contributed by atoms with Gasteiger partial charge in [0, 0.05) is 35.3 Å². The van der Waals surface area contributed by atoms with Crippen molar-refractivity contribution >= 4 is 33.9 Å². The van der Waals surface area contributed by atoms with Crippen molar-refractivity contribution in [2.75, 3.05) is 0 Å². The van der Waals surface area contributed by atoms with E-state index in [0.29, 0.717) is 57.4 Å². The first-order valence-electron chi connectivity index (χ1n) is 16.3. The highest BCUT2D eigenvalue weighted by molar-refractivity contribution is 5.99. The lowest BCUT2D eigenvalue weighted by molar-refractivity contribution is 0.0950. The van der Waals surface area contributed by atoms with Gasteiger partial charge in [0.2, 0.25) is 0 Å². The number of benzene rings is 5. The minimum Gasteiger partial charge on any atom is -0.505 e. The van der Waals surface area contributed by atoms with E-state index < -0.39 is 11.8 Å². The topological polar surface area (TPSA) is 160 Å². The fourth-order valence-electron chi connectivity index (χ4n) is 5.76. The van der Waals surface area contributed by atoms with Crippen LogP contribution in [0.5, 0.6) is 11.5 Å². The Morgan fingerprint density at radius 2 is 0.940 bits per heavy atom. The molecule has 0 spiro atoms. The number of aromatic hydroxyl groups is 2. The molecule has 4 N–H and O–H groups in total. The SMILES string of the molecule is CCc1cc(CNC(=O)c2cccc(C(=O)NCc3cc(CC)cc(-n4nc5ccccc5n4)c3O)c2)c(O)c(-n2nc3ccccc3n2)c1. The fraction of sp³-hybridized carbons (Fsp3) is 0.158. The number of fused-ring (bicyclic) bond motifs is 2. The summed E-state index contributed by atoms with van der Waals surface area (Å²) in [5.41, 5.74) is 7.09. The van der Waals surface area contributed by atoms with Gasteiger partial charge in [0.1, 0.15) is 44.9 Å². The molecule has 0 saturated heterocycles. The zero-order chi connectivity index (χ0) is 34.8. The van der Waals surface area contributed by atoms with Gasteiger partial charge in [-0.3, -0.25) is 9.59 Å². The molecule has 7 aromatic rings. The Labute approximate surface area is 287 Å². The Balaban J connectivity index is 1.05. The third kappa shape index (κ3) is 6.33. The number of nitrogens with zero attached hydrogens (tertiary/aromatic N) is 6. The Kier molecular flexibility index (Phi) is 8.65. The van der Waals surface area contributed by atoms with Crippen LogP contribution in [0.3, 0.4) is 0 Å². The molecule has 7 rings (SSSR count). The van der Waals surface area contributed by atoms with E-state index >= 15 is 0 Å². The van der Waals surface area contributed by atoms with Gasteiger partial charge in [-0.15, -0.1) is 30.0 Å². The van der Waals surface area contributed by atoms with Gasteiger partial charge in [-0.25, -0.2) is 0 Å². The van der Waals surface area contributed by atoms with Crippen LogP contribution in [0.2, 0.25) is 0 Å². The van der Waals surface area contributed by atoms with Gasteiger partial charge in [-0.1, -0.05) is 56.3 Å². The molecule has 0 fully saturated rings. The van der Waals surface area contributed by atoms with E-state index in [1.165, 1.54) is 15.7 Å². The van der Waals surface area contributed by atoms with E-state index in [2.05, 4.69) is 31.0 Å². The largest absolute Gasteiger partial charge is 0.505 e. The molecule has 2 heterocycles. The van der Waals surface area contributed by atoms with Gasteiger partial charge in [0.25, 0.3) is 11.8 Å². The fourth-order valence-corrected chi connectivity index (χ4v) is 5.76. The summed E-state index contributed by atoms with van der Waals surface area (Å²) in [6.07, 6.45) is 1.40. The van der Waals surface area contributed by atoms with E-state index in [1.807, 2.05) is 86.6 Å². The minimum absolute atomic E-state index is 0.0360. The number of amides is 2. The van der Waals surface area contributed by atoms with E-state index in [-0.39, 0.29) is 35.7 Å². The van der Waals surface area contributed by atoms with Crippen molar-refractivity contribution in [3.8, 4) is 22.9 Å². The van der Waals surface area contributed by atoms with Crippen LogP contribution in [0.1, 0.15) is 56.8 Å². The number of aromatic nitrogens is 6. The number of carbonyl (C=O) groups excluding carboxylic acids is 2. The maximum atomic E-state index is 13.3. The van der Waals surface area contributed by atoms with Crippen LogP contribution in [-0.4, -0.2) is 52.0 Å². The average molecular weight is 667 g/mol.